The van der Waals surface area contributed by atoms with Gasteiger partial charge < -0.3 is 10.0 Å². The number of aryl methyl sites for hydroxylation is 2. The number of hydrogen-bond donors (Lipinski definition) is 1. The summed E-state index contributed by atoms with van der Waals surface area (Å²) in [6, 6.07) is 9.67. The number of nitrogens with zero attached hydrogens (tertiary/aromatic N) is 3. The van der Waals surface area contributed by atoms with Crippen LogP contribution in [0.4, 0.5) is 0 Å². The second-order valence-electron chi connectivity index (χ2n) is 5.51. The zero-order valence-electron chi connectivity index (χ0n) is 13.4. The Morgan fingerprint density at radius 1 is 1.26 bits per heavy atom. The monoisotopic (exact) mass is 315 g/mol. The zero-order valence-corrected chi connectivity index (χ0v) is 13.4. The average molecular weight is 315 g/mol. The van der Waals surface area contributed by atoms with Crippen LogP contribution in [-0.2, 0) is 18.4 Å². The van der Waals surface area contributed by atoms with Gasteiger partial charge >= 0.3 is 5.97 Å². The van der Waals surface area contributed by atoms with Crippen LogP contribution < -0.4 is 0 Å². The van der Waals surface area contributed by atoms with Crippen molar-refractivity contribution in [2.45, 2.75) is 26.3 Å². The van der Waals surface area contributed by atoms with E-state index in [0.29, 0.717) is 30.8 Å². The molecule has 6 nitrogen and oxygen atoms in total. The first kappa shape index (κ1) is 16.7. The zero-order chi connectivity index (χ0) is 16.8. The fraction of sp³-hybridized carbons (Fsp3) is 0.353. The predicted octanol–water partition coefficient (Wildman–Crippen LogP) is 2.24. The molecule has 0 aliphatic rings. The Morgan fingerprint density at radius 2 is 1.96 bits per heavy atom. The Labute approximate surface area is 135 Å². The number of carboxylic acids is 1. The molecule has 1 heterocycles. The van der Waals surface area contributed by atoms with Crippen LogP contribution in [0.25, 0.3) is 0 Å². The van der Waals surface area contributed by atoms with E-state index in [2.05, 4.69) is 5.10 Å². The number of amides is 1. The summed E-state index contributed by atoms with van der Waals surface area (Å²) in [5.74, 6) is -0.973. The molecule has 1 amide bonds. The van der Waals surface area contributed by atoms with E-state index >= 15 is 0 Å². The molecule has 0 atom stereocenters. The van der Waals surface area contributed by atoms with Gasteiger partial charge in [0, 0.05) is 32.8 Å². The van der Waals surface area contributed by atoms with Gasteiger partial charge in [0.2, 0.25) is 0 Å². The first-order valence-corrected chi connectivity index (χ1v) is 7.52. The van der Waals surface area contributed by atoms with Crippen LogP contribution in [0.5, 0.6) is 0 Å². The highest BCUT2D eigenvalue weighted by Crippen LogP contribution is 2.13. The van der Waals surface area contributed by atoms with E-state index in [1.54, 1.807) is 29.7 Å². The van der Waals surface area contributed by atoms with Crippen LogP contribution in [-0.4, -0.2) is 38.2 Å². The molecule has 0 saturated carbocycles. The number of benzene rings is 1. The highest BCUT2D eigenvalue weighted by molar-refractivity contribution is 5.95. The molecule has 0 unspecified atom stereocenters. The van der Waals surface area contributed by atoms with E-state index in [9.17, 15) is 9.59 Å². The van der Waals surface area contributed by atoms with Crippen LogP contribution in [0.1, 0.15) is 34.5 Å². The molecular weight excluding hydrogens is 294 g/mol. The third-order valence-electron chi connectivity index (χ3n) is 3.57. The first-order valence-electron chi connectivity index (χ1n) is 7.52. The second kappa shape index (κ2) is 7.58. The lowest BCUT2D eigenvalue weighted by Crippen LogP contribution is -2.32. The maximum atomic E-state index is 12.8. The smallest absolute Gasteiger partial charge is 0.303 e. The molecule has 0 spiro atoms. The summed E-state index contributed by atoms with van der Waals surface area (Å²) in [6.07, 6.45) is 2.17. The minimum Gasteiger partial charge on any atom is -0.481 e. The lowest BCUT2D eigenvalue weighted by molar-refractivity contribution is -0.137. The largest absolute Gasteiger partial charge is 0.481 e. The molecule has 0 fully saturated rings. The number of carbonyl (C=O) groups is 2. The van der Waals surface area contributed by atoms with Crippen LogP contribution in [0.2, 0.25) is 0 Å². The normalized spacial score (nSPS) is 10.5. The van der Waals surface area contributed by atoms with Crippen molar-refractivity contribution in [2.75, 3.05) is 6.54 Å². The molecule has 0 bridgehead atoms. The number of carboxylic acid groups (broad SMARTS) is 1. The lowest BCUT2D eigenvalue weighted by Gasteiger charge is -2.22. The predicted molar refractivity (Wildman–Crippen MR) is 86.0 cm³/mol. The van der Waals surface area contributed by atoms with Crippen LogP contribution >= 0.6 is 0 Å². The average Bonchev–Trinajstić information content (AvgIpc) is 2.85. The van der Waals surface area contributed by atoms with E-state index in [1.807, 2.05) is 30.3 Å². The van der Waals surface area contributed by atoms with Gasteiger partial charge in [0.1, 0.15) is 0 Å². The van der Waals surface area contributed by atoms with Crippen molar-refractivity contribution in [1.29, 1.82) is 0 Å². The maximum absolute atomic E-state index is 12.8. The Balaban J connectivity index is 2.16. The number of aliphatic carboxylic acids is 1. The fourth-order valence-corrected chi connectivity index (χ4v) is 2.46. The number of carbonyl (C=O) groups excluding carboxylic acids is 1. The molecule has 6 heteroatoms. The molecule has 23 heavy (non-hydrogen) atoms. The van der Waals surface area contributed by atoms with Crippen LogP contribution in [0.15, 0.2) is 36.5 Å². The van der Waals surface area contributed by atoms with Crippen molar-refractivity contribution in [3.63, 3.8) is 0 Å². The van der Waals surface area contributed by atoms with Crippen molar-refractivity contribution in [3.05, 3.63) is 53.3 Å². The fourth-order valence-electron chi connectivity index (χ4n) is 2.46. The Hall–Kier alpha value is -2.63. The van der Waals surface area contributed by atoms with Crippen LogP contribution in [0, 0.1) is 6.92 Å². The van der Waals surface area contributed by atoms with Gasteiger partial charge in [0.25, 0.3) is 5.91 Å². The molecule has 1 aromatic heterocycles. The SMILES string of the molecule is Cc1nn(C)cc1C(=O)N(CCCC(=O)O)Cc1ccccc1. The number of aromatic nitrogens is 2. The Bertz CT molecular complexity index is 680. The summed E-state index contributed by atoms with van der Waals surface area (Å²) in [6.45, 7) is 2.65. The summed E-state index contributed by atoms with van der Waals surface area (Å²) in [5.41, 5.74) is 2.24. The quantitative estimate of drug-likeness (QED) is 0.850. The first-order chi connectivity index (χ1) is 11.0. The molecule has 1 aromatic carbocycles. The topological polar surface area (TPSA) is 75.4 Å². The second-order valence-corrected chi connectivity index (χ2v) is 5.51. The van der Waals surface area contributed by atoms with E-state index in [1.165, 1.54) is 0 Å². The van der Waals surface area contributed by atoms with E-state index in [0.717, 1.165) is 5.56 Å². The lowest BCUT2D eigenvalue weighted by atomic mass is 10.1. The van der Waals surface area contributed by atoms with Gasteiger partial charge in [-0.05, 0) is 18.9 Å². The minimum absolute atomic E-state index is 0.0462. The van der Waals surface area contributed by atoms with Gasteiger partial charge in [0.05, 0.1) is 11.3 Å². The van der Waals surface area contributed by atoms with Crippen molar-refractivity contribution >= 4 is 11.9 Å². The van der Waals surface area contributed by atoms with Crippen LogP contribution in [0.3, 0.4) is 0 Å². The minimum atomic E-state index is -0.852. The summed E-state index contributed by atoms with van der Waals surface area (Å²) in [5, 5.41) is 13.0. The summed E-state index contributed by atoms with van der Waals surface area (Å²) in [7, 11) is 1.77. The molecule has 0 radical (unpaired) electrons. The highest BCUT2D eigenvalue weighted by Gasteiger charge is 2.20. The summed E-state index contributed by atoms with van der Waals surface area (Å²) in [4.78, 5) is 25.2. The number of rotatable bonds is 7. The number of hydrogen-bond acceptors (Lipinski definition) is 3. The molecular formula is C17H21N3O3. The molecule has 2 aromatic rings. The van der Waals surface area contributed by atoms with Crippen molar-refractivity contribution < 1.29 is 14.7 Å². The van der Waals surface area contributed by atoms with Crippen molar-refractivity contribution in [1.82, 2.24) is 14.7 Å². The molecule has 1 N–H and O–H groups in total. The van der Waals surface area contributed by atoms with Gasteiger partial charge in [0.15, 0.2) is 0 Å². The molecule has 2 rings (SSSR count). The van der Waals surface area contributed by atoms with Gasteiger partial charge in [-0.25, -0.2) is 0 Å². The Morgan fingerprint density at radius 3 is 2.52 bits per heavy atom. The van der Waals surface area contributed by atoms with Gasteiger partial charge in [-0.1, -0.05) is 30.3 Å². The molecule has 122 valence electrons. The van der Waals surface area contributed by atoms with E-state index in [4.69, 9.17) is 5.11 Å². The van der Waals surface area contributed by atoms with Crippen molar-refractivity contribution in [2.24, 2.45) is 7.05 Å². The third kappa shape index (κ3) is 4.67. The molecule has 0 aliphatic heterocycles. The Kier molecular flexibility index (Phi) is 5.51. The van der Waals surface area contributed by atoms with Gasteiger partial charge in [-0.3, -0.25) is 14.3 Å². The maximum Gasteiger partial charge on any atom is 0.303 e. The van der Waals surface area contributed by atoms with Crippen molar-refractivity contribution in [3.8, 4) is 0 Å². The van der Waals surface area contributed by atoms with E-state index < -0.39 is 5.97 Å². The standard InChI is InChI=1S/C17H21N3O3/c1-13-15(12-19(2)18-13)17(23)20(10-6-9-16(21)22)11-14-7-4-3-5-8-14/h3-5,7-8,12H,6,9-11H2,1-2H3,(H,21,22). The van der Waals surface area contributed by atoms with E-state index in [-0.39, 0.29) is 12.3 Å². The third-order valence-corrected chi connectivity index (χ3v) is 3.57. The molecule has 0 aliphatic carbocycles. The summed E-state index contributed by atoms with van der Waals surface area (Å²) >= 11 is 0. The molecule has 0 saturated heterocycles. The van der Waals surface area contributed by atoms with Gasteiger partial charge in [-0.2, -0.15) is 5.10 Å². The van der Waals surface area contributed by atoms with Gasteiger partial charge in [-0.15, -0.1) is 0 Å². The summed E-state index contributed by atoms with van der Waals surface area (Å²) < 4.78 is 1.61. The highest BCUT2D eigenvalue weighted by atomic mass is 16.4.